The lowest BCUT2D eigenvalue weighted by Crippen LogP contribution is -2.58. The van der Waals surface area contributed by atoms with Crippen LogP contribution in [-0.2, 0) is 32.0 Å². The molecule has 41 heavy (non-hydrogen) atoms. The molecule has 0 aliphatic rings. The van der Waals surface area contributed by atoms with Gasteiger partial charge in [0.2, 0.25) is 17.7 Å². The Morgan fingerprint density at radius 1 is 0.951 bits per heavy atom. The number of nitrogens with zero attached hydrogens (tertiary/aromatic N) is 1. The van der Waals surface area contributed by atoms with Crippen molar-refractivity contribution in [2.75, 3.05) is 6.54 Å². The van der Waals surface area contributed by atoms with Crippen LogP contribution in [0.2, 0.25) is 0 Å². The molecular weight excluding hydrogens is 532 g/mol. The second-order valence-electron chi connectivity index (χ2n) is 9.92. The van der Waals surface area contributed by atoms with E-state index in [9.17, 15) is 29.4 Å². The second kappa shape index (κ2) is 14.9. The topological polar surface area (TPSA) is 241 Å². The van der Waals surface area contributed by atoms with E-state index in [1.54, 1.807) is 6.20 Å². The van der Waals surface area contributed by atoms with Crippen LogP contribution in [0.1, 0.15) is 37.4 Å². The number of unbranched alkanes of at least 4 members (excludes halogenated alkanes) is 1. The number of carbonyl (C=O) groups is 4. The van der Waals surface area contributed by atoms with Gasteiger partial charge in [-0.05, 0) is 44.4 Å². The van der Waals surface area contributed by atoms with Crippen molar-refractivity contribution in [1.29, 1.82) is 0 Å². The zero-order valence-electron chi connectivity index (χ0n) is 22.8. The van der Waals surface area contributed by atoms with Crippen molar-refractivity contribution in [2.24, 2.45) is 11.5 Å². The quantitative estimate of drug-likeness (QED) is 0.0963. The van der Waals surface area contributed by atoms with Gasteiger partial charge in [-0.15, -0.1) is 0 Å². The van der Waals surface area contributed by atoms with Gasteiger partial charge in [0.05, 0.1) is 12.4 Å². The number of carboxylic acids is 1. The summed E-state index contributed by atoms with van der Waals surface area (Å²) in [5.74, 6) is -3.36. The number of fused-ring (bicyclic) bond motifs is 1. The first-order valence-corrected chi connectivity index (χ1v) is 13.4. The van der Waals surface area contributed by atoms with Crippen LogP contribution in [0.25, 0.3) is 10.9 Å². The van der Waals surface area contributed by atoms with E-state index in [0.29, 0.717) is 25.1 Å². The number of rotatable bonds is 16. The van der Waals surface area contributed by atoms with Crippen LogP contribution < -0.4 is 27.4 Å². The first-order chi connectivity index (χ1) is 19.6. The van der Waals surface area contributed by atoms with Crippen molar-refractivity contribution in [1.82, 2.24) is 30.9 Å². The summed E-state index contributed by atoms with van der Waals surface area (Å²) in [4.78, 5) is 61.3. The molecule has 0 fully saturated rings. The van der Waals surface area contributed by atoms with Crippen LogP contribution >= 0.6 is 0 Å². The third-order valence-corrected chi connectivity index (χ3v) is 6.73. The average Bonchev–Trinajstić information content (AvgIpc) is 3.61. The molecule has 14 nitrogen and oxygen atoms in total. The number of aromatic nitrogens is 3. The van der Waals surface area contributed by atoms with Crippen LogP contribution in [0.15, 0.2) is 43.0 Å². The molecule has 5 atom stereocenters. The molecule has 14 heteroatoms. The lowest BCUT2D eigenvalue weighted by atomic mass is 10.0. The number of nitrogens with two attached hydrogens (primary N) is 2. The van der Waals surface area contributed by atoms with Gasteiger partial charge in [-0.1, -0.05) is 18.2 Å². The summed E-state index contributed by atoms with van der Waals surface area (Å²) in [6.07, 6.45) is 4.72. The van der Waals surface area contributed by atoms with Crippen molar-refractivity contribution in [3.05, 3.63) is 54.2 Å². The number of aliphatic carboxylic acids is 1. The van der Waals surface area contributed by atoms with Crippen molar-refractivity contribution in [3.63, 3.8) is 0 Å². The van der Waals surface area contributed by atoms with Crippen LogP contribution in [0.5, 0.6) is 0 Å². The fourth-order valence-electron chi connectivity index (χ4n) is 4.34. The van der Waals surface area contributed by atoms with Gasteiger partial charge < -0.3 is 47.6 Å². The summed E-state index contributed by atoms with van der Waals surface area (Å²) in [7, 11) is 0. The standard InChI is InChI=1S/C27H38N8O6/c1-15(36)23(29)26(39)33-20(8-4-5-9-28)24(37)34-21(10-16-12-31-19-7-3-2-6-18(16)19)25(38)35-22(27(40)41)11-17-13-30-14-32-17/h2-3,6-7,12-15,20-23,31,36H,4-5,8-11,28-29H2,1H3,(H,30,32)(H,33,39)(H,34,37)(H,35,38)(H,40,41). The number of imidazole rings is 1. The van der Waals surface area contributed by atoms with Gasteiger partial charge in [0.15, 0.2) is 0 Å². The van der Waals surface area contributed by atoms with E-state index in [-0.39, 0.29) is 19.3 Å². The largest absolute Gasteiger partial charge is 0.480 e. The van der Waals surface area contributed by atoms with Crippen molar-refractivity contribution in [2.45, 2.75) is 69.3 Å². The van der Waals surface area contributed by atoms with E-state index >= 15 is 0 Å². The number of H-pyrrole nitrogens is 2. The third-order valence-electron chi connectivity index (χ3n) is 6.73. The SMILES string of the molecule is CC(O)C(N)C(=O)NC(CCCCN)C(=O)NC(Cc1c[nH]c2ccccc12)C(=O)NC(Cc1cnc[nH]1)C(=O)O. The molecule has 2 aromatic heterocycles. The lowest BCUT2D eigenvalue weighted by molar-refractivity contribution is -0.142. The highest BCUT2D eigenvalue weighted by Gasteiger charge is 2.31. The number of nitrogens with one attached hydrogen (secondary N) is 5. The van der Waals surface area contributed by atoms with Crippen molar-refractivity contribution < 1.29 is 29.4 Å². The first-order valence-electron chi connectivity index (χ1n) is 13.4. The smallest absolute Gasteiger partial charge is 0.326 e. The minimum absolute atomic E-state index is 0.0363. The molecule has 11 N–H and O–H groups in total. The van der Waals surface area contributed by atoms with Gasteiger partial charge >= 0.3 is 5.97 Å². The number of hydrogen-bond donors (Lipinski definition) is 9. The summed E-state index contributed by atoms with van der Waals surface area (Å²) in [6, 6.07) is 2.61. The predicted octanol–water partition coefficient (Wildman–Crippen LogP) is -0.948. The number of amides is 3. The highest BCUT2D eigenvalue weighted by Crippen LogP contribution is 2.19. The first kappa shape index (κ1) is 31.3. The molecular formula is C27H38N8O6. The van der Waals surface area contributed by atoms with Gasteiger partial charge in [-0.3, -0.25) is 14.4 Å². The van der Waals surface area contributed by atoms with Gasteiger partial charge in [0.1, 0.15) is 24.2 Å². The normalized spacial score (nSPS) is 14.9. The number of para-hydroxylation sites is 1. The molecule has 3 amide bonds. The molecule has 0 aliphatic carbocycles. The zero-order valence-corrected chi connectivity index (χ0v) is 22.8. The molecule has 0 saturated carbocycles. The number of benzene rings is 1. The molecule has 0 aliphatic heterocycles. The van der Waals surface area contributed by atoms with E-state index in [4.69, 9.17) is 11.5 Å². The zero-order chi connectivity index (χ0) is 29.9. The van der Waals surface area contributed by atoms with Crippen LogP contribution in [0.3, 0.4) is 0 Å². The Balaban J connectivity index is 1.85. The molecule has 222 valence electrons. The number of aliphatic hydroxyl groups is 1. The molecule has 5 unspecified atom stereocenters. The number of aliphatic hydroxyl groups excluding tert-OH is 1. The van der Waals surface area contributed by atoms with Crippen molar-refractivity contribution >= 4 is 34.6 Å². The van der Waals surface area contributed by atoms with Gasteiger partial charge in [-0.2, -0.15) is 0 Å². The number of hydrogen-bond acceptors (Lipinski definition) is 8. The Hall–Kier alpha value is -4.27. The summed E-state index contributed by atoms with van der Waals surface area (Å²) < 4.78 is 0. The second-order valence-corrected chi connectivity index (χ2v) is 9.92. The molecule has 0 spiro atoms. The van der Waals surface area contributed by atoms with Crippen LogP contribution in [-0.4, -0.2) is 85.7 Å². The minimum atomic E-state index is -1.30. The maximum atomic E-state index is 13.5. The van der Waals surface area contributed by atoms with Gasteiger partial charge in [-0.25, -0.2) is 9.78 Å². The lowest BCUT2D eigenvalue weighted by Gasteiger charge is -2.25. The Morgan fingerprint density at radius 2 is 1.63 bits per heavy atom. The van der Waals surface area contributed by atoms with Gasteiger partial charge in [0, 0.05) is 41.8 Å². The Kier molecular flexibility index (Phi) is 11.4. The van der Waals surface area contributed by atoms with Crippen LogP contribution in [0.4, 0.5) is 0 Å². The maximum Gasteiger partial charge on any atom is 0.326 e. The highest BCUT2D eigenvalue weighted by molar-refractivity contribution is 5.95. The Labute approximate surface area is 236 Å². The fourth-order valence-corrected chi connectivity index (χ4v) is 4.34. The summed E-state index contributed by atoms with van der Waals surface area (Å²) in [6.45, 7) is 1.74. The van der Waals surface area contributed by atoms with E-state index in [0.717, 1.165) is 16.5 Å². The third kappa shape index (κ3) is 8.86. The van der Waals surface area contributed by atoms with Crippen LogP contribution in [0, 0.1) is 0 Å². The molecule has 0 saturated heterocycles. The van der Waals surface area contributed by atoms with Crippen molar-refractivity contribution in [3.8, 4) is 0 Å². The van der Waals surface area contributed by atoms with E-state index in [1.807, 2.05) is 24.3 Å². The van der Waals surface area contributed by atoms with E-state index < -0.39 is 54.0 Å². The predicted molar refractivity (Wildman–Crippen MR) is 150 cm³/mol. The minimum Gasteiger partial charge on any atom is -0.480 e. The molecule has 3 rings (SSSR count). The fraction of sp³-hybridized carbons (Fsp3) is 0.444. The number of aromatic amines is 2. The molecule has 1 aromatic carbocycles. The Morgan fingerprint density at radius 3 is 2.29 bits per heavy atom. The average molecular weight is 571 g/mol. The molecule has 0 bridgehead atoms. The molecule has 0 radical (unpaired) electrons. The molecule has 3 aromatic rings. The number of carbonyl (C=O) groups excluding carboxylic acids is 3. The van der Waals surface area contributed by atoms with E-state index in [2.05, 4.69) is 30.9 Å². The summed E-state index contributed by atoms with van der Waals surface area (Å²) in [5.41, 5.74) is 13.4. The maximum absolute atomic E-state index is 13.5. The monoisotopic (exact) mass is 570 g/mol. The molecule has 2 heterocycles. The highest BCUT2D eigenvalue weighted by atomic mass is 16.4. The Bertz CT molecular complexity index is 1310. The summed E-state index contributed by atoms with van der Waals surface area (Å²) >= 11 is 0. The van der Waals surface area contributed by atoms with E-state index in [1.165, 1.54) is 19.4 Å². The summed E-state index contributed by atoms with van der Waals surface area (Å²) in [5, 5.41) is 28.1. The number of carboxylic acid groups (broad SMARTS) is 1. The van der Waals surface area contributed by atoms with Gasteiger partial charge in [0.25, 0.3) is 0 Å².